The van der Waals surface area contributed by atoms with Crippen molar-refractivity contribution in [2.24, 2.45) is 22.7 Å². The summed E-state index contributed by atoms with van der Waals surface area (Å²) in [6.07, 6.45) is -0.218. The number of ether oxygens (including phenoxy) is 1. The summed E-state index contributed by atoms with van der Waals surface area (Å²) in [4.78, 5) is 53.3. The number of phenolic OH excluding ortho intramolecular Hbond substituents is 1. The van der Waals surface area contributed by atoms with Crippen molar-refractivity contribution in [1.82, 2.24) is 0 Å². The molecule has 0 fully saturated rings. The van der Waals surface area contributed by atoms with Gasteiger partial charge in [-0.25, -0.2) is 4.79 Å². The van der Waals surface area contributed by atoms with Crippen molar-refractivity contribution in [1.29, 1.82) is 0 Å². The summed E-state index contributed by atoms with van der Waals surface area (Å²) in [7, 11) is 0. The van der Waals surface area contributed by atoms with Gasteiger partial charge in [0.2, 0.25) is 5.78 Å². The third-order valence-corrected chi connectivity index (χ3v) is 9.64. The van der Waals surface area contributed by atoms with Crippen LogP contribution in [0, 0.1) is 22.7 Å². The second-order valence-corrected chi connectivity index (χ2v) is 13.5. The number of fused-ring (bicyclic) bond motifs is 3. The number of ketones is 3. The van der Waals surface area contributed by atoms with Gasteiger partial charge < -0.3 is 25.2 Å². The Morgan fingerprint density at radius 1 is 1.00 bits per heavy atom. The second kappa shape index (κ2) is 10.2. The van der Waals surface area contributed by atoms with Gasteiger partial charge in [0.15, 0.2) is 17.2 Å². The highest BCUT2D eigenvalue weighted by Crippen LogP contribution is 2.65. The van der Waals surface area contributed by atoms with Gasteiger partial charge in [-0.1, -0.05) is 45.9 Å². The van der Waals surface area contributed by atoms with E-state index < -0.39 is 62.8 Å². The Bertz CT molecular complexity index is 1710. The van der Waals surface area contributed by atoms with Gasteiger partial charge in [-0.2, -0.15) is 0 Å². The number of aliphatic hydroxyl groups is 3. The lowest BCUT2D eigenvalue weighted by Gasteiger charge is -2.59. The largest absolute Gasteiger partial charge is 0.511 e. The monoisotopic (exact) mass is 602 g/mol. The standard InChI is InChI=1S/C35H38O9/c1-16(2)26-28(38)24(18(5)36)30(40)35(43)31(41)27-29(39)25-22(14-33(27,6)15-34(26,35)7)21(11-12-23(25)37)19-9-8-10-20(13-19)32(42)44-17(3)4/h8-13,16-17,26,37-38,41,43H,14-15H2,1-7H3/t26?,33-,34-,35+/m1/s1. The van der Waals surface area contributed by atoms with E-state index in [9.17, 15) is 39.6 Å². The quantitative estimate of drug-likeness (QED) is 0.253. The lowest BCUT2D eigenvalue weighted by molar-refractivity contribution is -0.171. The van der Waals surface area contributed by atoms with E-state index in [0.29, 0.717) is 22.3 Å². The Hall–Kier alpha value is -4.24. The van der Waals surface area contributed by atoms with Gasteiger partial charge in [-0.15, -0.1) is 0 Å². The lowest BCUT2D eigenvalue weighted by atomic mass is 9.44. The molecule has 44 heavy (non-hydrogen) atoms. The second-order valence-electron chi connectivity index (χ2n) is 13.5. The molecule has 2 aromatic carbocycles. The van der Waals surface area contributed by atoms with Gasteiger partial charge in [0.25, 0.3) is 0 Å². The maximum absolute atomic E-state index is 14.3. The molecule has 3 aliphatic carbocycles. The number of aliphatic hydroxyl groups excluding tert-OH is 2. The summed E-state index contributed by atoms with van der Waals surface area (Å²) in [5, 5.41) is 46.3. The van der Waals surface area contributed by atoms with Crippen molar-refractivity contribution in [3.63, 3.8) is 0 Å². The van der Waals surface area contributed by atoms with E-state index >= 15 is 0 Å². The van der Waals surface area contributed by atoms with Crippen molar-refractivity contribution in [3.05, 3.63) is 75.8 Å². The molecule has 0 radical (unpaired) electrons. The molecule has 0 saturated carbocycles. The number of phenols is 1. The number of esters is 1. The average Bonchev–Trinajstić information content (AvgIpc) is 2.90. The zero-order valence-electron chi connectivity index (χ0n) is 25.9. The van der Waals surface area contributed by atoms with Crippen LogP contribution in [0.2, 0.25) is 0 Å². The van der Waals surface area contributed by atoms with Gasteiger partial charge >= 0.3 is 5.97 Å². The van der Waals surface area contributed by atoms with E-state index in [4.69, 9.17) is 4.74 Å². The van der Waals surface area contributed by atoms with E-state index in [0.717, 1.165) is 6.92 Å². The third-order valence-electron chi connectivity index (χ3n) is 9.64. The average molecular weight is 603 g/mol. The van der Waals surface area contributed by atoms with Gasteiger partial charge in [-0.3, -0.25) is 14.4 Å². The predicted octanol–water partition coefficient (Wildman–Crippen LogP) is 5.58. The molecule has 1 unspecified atom stereocenters. The Labute approximate surface area is 255 Å². The normalized spacial score (nSPS) is 28.2. The molecule has 0 aromatic heterocycles. The molecule has 0 amide bonds. The fraction of sp³-hybridized carbons (Fsp3) is 0.429. The zero-order valence-corrected chi connectivity index (χ0v) is 25.9. The molecule has 0 bridgehead atoms. The summed E-state index contributed by atoms with van der Waals surface area (Å²) in [5.41, 5.74) is -4.27. The molecule has 9 heteroatoms. The van der Waals surface area contributed by atoms with Crippen LogP contribution in [0.5, 0.6) is 5.75 Å². The summed E-state index contributed by atoms with van der Waals surface area (Å²) in [6, 6.07) is 9.74. The highest BCUT2D eigenvalue weighted by Gasteiger charge is 2.71. The Morgan fingerprint density at radius 2 is 1.66 bits per heavy atom. The van der Waals surface area contributed by atoms with Crippen LogP contribution in [-0.4, -0.2) is 55.5 Å². The molecule has 4 atom stereocenters. The molecule has 0 aliphatic heterocycles. The predicted molar refractivity (Wildman–Crippen MR) is 161 cm³/mol. The molecule has 5 rings (SSSR count). The zero-order chi connectivity index (χ0) is 32.7. The van der Waals surface area contributed by atoms with Crippen LogP contribution in [0.3, 0.4) is 0 Å². The Kier molecular flexibility index (Phi) is 7.20. The molecular weight excluding hydrogens is 564 g/mol. The maximum Gasteiger partial charge on any atom is 0.338 e. The molecule has 0 saturated heterocycles. The van der Waals surface area contributed by atoms with Crippen molar-refractivity contribution in [2.75, 3.05) is 0 Å². The van der Waals surface area contributed by atoms with Crippen LogP contribution in [0.1, 0.15) is 81.2 Å². The number of carbonyl (C=O) groups is 4. The number of aromatic hydroxyl groups is 1. The first-order valence-corrected chi connectivity index (χ1v) is 14.8. The van der Waals surface area contributed by atoms with E-state index in [1.54, 1.807) is 71.9 Å². The third kappa shape index (κ3) is 4.16. The fourth-order valence-corrected chi connectivity index (χ4v) is 8.10. The minimum absolute atomic E-state index is 0.0131. The lowest BCUT2D eigenvalue weighted by Crippen LogP contribution is -2.67. The first-order chi connectivity index (χ1) is 20.4. The van der Waals surface area contributed by atoms with Crippen molar-refractivity contribution >= 4 is 23.3 Å². The van der Waals surface area contributed by atoms with E-state index in [2.05, 4.69) is 0 Å². The van der Waals surface area contributed by atoms with Crippen molar-refractivity contribution in [2.45, 2.75) is 73.0 Å². The highest BCUT2D eigenvalue weighted by atomic mass is 16.5. The topological polar surface area (TPSA) is 158 Å². The van der Waals surface area contributed by atoms with Crippen LogP contribution in [-0.2, 0) is 20.7 Å². The number of rotatable bonds is 5. The molecule has 2 aromatic rings. The number of hydrogen-bond acceptors (Lipinski definition) is 9. The van der Waals surface area contributed by atoms with Gasteiger partial charge in [0.1, 0.15) is 22.8 Å². The SMILES string of the molecule is CC(=O)C1=C(O)C(C(C)C)[C@@]2(C)C[C@@]3(C)Cc4c(-c5cccc(C(=O)OC(C)C)c5)ccc(O)c4C(=O)C3=C(O)[C@@]2(O)C1=O. The Morgan fingerprint density at radius 3 is 2.25 bits per heavy atom. The maximum atomic E-state index is 14.3. The summed E-state index contributed by atoms with van der Waals surface area (Å²) < 4.78 is 5.35. The van der Waals surface area contributed by atoms with Crippen LogP contribution in [0.15, 0.2) is 59.1 Å². The van der Waals surface area contributed by atoms with Gasteiger partial charge in [0.05, 0.1) is 17.2 Å². The van der Waals surface area contributed by atoms with E-state index in [1.807, 2.05) is 0 Å². The van der Waals surface area contributed by atoms with Crippen LogP contribution in [0.25, 0.3) is 11.1 Å². The number of hydrogen-bond donors (Lipinski definition) is 4. The minimum Gasteiger partial charge on any atom is -0.511 e. The summed E-state index contributed by atoms with van der Waals surface area (Å²) in [5.74, 6) is -6.11. The molecule has 3 aliphatic rings. The summed E-state index contributed by atoms with van der Waals surface area (Å²) in [6.45, 7) is 11.5. The first-order valence-electron chi connectivity index (χ1n) is 14.8. The molecule has 4 N–H and O–H groups in total. The highest BCUT2D eigenvalue weighted by molar-refractivity contribution is 6.25. The Balaban J connectivity index is 1.75. The number of benzene rings is 2. The number of carbonyl (C=O) groups excluding carboxylic acids is 4. The number of Topliss-reactive ketones (excluding diaryl/α,β-unsaturated/α-hetero) is 3. The van der Waals surface area contributed by atoms with Crippen molar-refractivity contribution < 1.29 is 44.3 Å². The number of allylic oxidation sites excluding steroid dienone is 2. The van der Waals surface area contributed by atoms with Gasteiger partial charge in [-0.05, 0) is 74.4 Å². The molecule has 232 valence electrons. The summed E-state index contributed by atoms with van der Waals surface area (Å²) >= 11 is 0. The smallest absolute Gasteiger partial charge is 0.338 e. The van der Waals surface area contributed by atoms with Crippen molar-refractivity contribution in [3.8, 4) is 16.9 Å². The van der Waals surface area contributed by atoms with Crippen LogP contribution < -0.4 is 0 Å². The van der Waals surface area contributed by atoms with Crippen LogP contribution in [0.4, 0.5) is 0 Å². The first kappa shape index (κ1) is 31.2. The minimum atomic E-state index is -2.67. The molecule has 0 heterocycles. The molecule has 9 nitrogen and oxygen atoms in total. The van der Waals surface area contributed by atoms with E-state index in [1.165, 1.54) is 6.07 Å². The fourth-order valence-electron chi connectivity index (χ4n) is 8.10. The van der Waals surface area contributed by atoms with Gasteiger partial charge in [0, 0.05) is 22.3 Å². The van der Waals surface area contributed by atoms with E-state index in [-0.39, 0.29) is 41.7 Å². The molecule has 0 spiro atoms. The molecular formula is C35H38O9. The van der Waals surface area contributed by atoms with Crippen LogP contribution >= 0.6 is 0 Å².